The predicted octanol–water partition coefficient (Wildman–Crippen LogP) is -1.78. The standard InChI is InChI=1S/C10H15N3O6/c1-2-3-19-10(18)13-5-8(15)11-4-7(14)12-6-9(16)17/h2H,1,3-6H2,(H,11,15)(H,12,14)(H,13,18)(H,16,17). The van der Waals surface area contributed by atoms with Crippen molar-refractivity contribution in [2.75, 3.05) is 26.2 Å². The fraction of sp³-hybridized carbons (Fsp3) is 0.400. The molecule has 0 atom stereocenters. The maximum absolute atomic E-state index is 11.2. The van der Waals surface area contributed by atoms with Crippen LogP contribution in [0.5, 0.6) is 0 Å². The highest BCUT2D eigenvalue weighted by Gasteiger charge is 2.08. The van der Waals surface area contributed by atoms with Gasteiger partial charge in [0.25, 0.3) is 0 Å². The molecule has 0 aromatic rings. The Hall–Kier alpha value is -2.58. The Morgan fingerprint density at radius 1 is 1.00 bits per heavy atom. The van der Waals surface area contributed by atoms with Gasteiger partial charge < -0.3 is 25.8 Å². The molecular formula is C10H15N3O6. The van der Waals surface area contributed by atoms with Crippen LogP contribution in [0.4, 0.5) is 4.79 Å². The summed E-state index contributed by atoms with van der Waals surface area (Å²) in [5, 5.41) is 14.7. The maximum Gasteiger partial charge on any atom is 0.407 e. The number of aliphatic carboxylic acids is 1. The molecule has 9 heteroatoms. The predicted molar refractivity (Wildman–Crippen MR) is 63.2 cm³/mol. The van der Waals surface area contributed by atoms with Crippen molar-refractivity contribution in [1.29, 1.82) is 0 Å². The summed E-state index contributed by atoms with van der Waals surface area (Å²) in [5.41, 5.74) is 0. The summed E-state index contributed by atoms with van der Waals surface area (Å²) in [5.74, 6) is -2.45. The molecule has 106 valence electrons. The molecule has 0 radical (unpaired) electrons. The lowest BCUT2D eigenvalue weighted by Crippen LogP contribution is -2.43. The number of carboxylic acids is 1. The fourth-order valence-corrected chi connectivity index (χ4v) is 0.816. The number of hydrogen-bond acceptors (Lipinski definition) is 5. The van der Waals surface area contributed by atoms with E-state index in [2.05, 4.69) is 27.3 Å². The topological polar surface area (TPSA) is 134 Å². The van der Waals surface area contributed by atoms with Crippen LogP contribution in [-0.4, -0.2) is 55.2 Å². The van der Waals surface area contributed by atoms with Crippen molar-refractivity contribution >= 4 is 23.9 Å². The first kappa shape index (κ1) is 16.4. The van der Waals surface area contributed by atoms with Crippen LogP contribution in [0.2, 0.25) is 0 Å². The van der Waals surface area contributed by atoms with E-state index in [1.54, 1.807) is 0 Å². The molecule has 0 heterocycles. The summed E-state index contributed by atoms with van der Waals surface area (Å²) in [4.78, 5) is 43.2. The zero-order valence-corrected chi connectivity index (χ0v) is 10.1. The van der Waals surface area contributed by atoms with Crippen molar-refractivity contribution in [2.24, 2.45) is 0 Å². The Kier molecular flexibility index (Phi) is 8.17. The second-order valence-electron chi connectivity index (χ2n) is 3.19. The van der Waals surface area contributed by atoms with Crippen LogP contribution in [0.15, 0.2) is 12.7 Å². The quantitative estimate of drug-likeness (QED) is 0.386. The number of carboxylic acid groups (broad SMARTS) is 1. The third-order valence-corrected chi connectivity index (χ3v) is 1.61. The number of ether oxygens (including phenoxy) is 1. The minimum atomic E-state index is -1.19. The lowest BCUT2D eigenvalue weighted by atomic mass is 10.5. The first-order valence-corrected chi connectivity index (χ1v) is 5.22. The summed E-state index contributed by atoms with van der Waals surface area (Å²) in [6.45, 7) is 2.09. The molecule has 3 amide bonds. The molecule has 0 spiro atoms. The summed E-state index contributed by atoms with van der Waals surface area (Å²) in [7, 11) is 0. The van der Waals surface area contributed by atoms with E-state index in [0.29, 0.717) is 0 Å². The van der Waals surface area contributed by atoms with Gasteiger partial charge in [0.2, 0.25) is 11.8 Å². The smallest absolute Gasteiger partial charge is 0.407 e. The van der Waals surface area contributed by atoms with Crippen LogP contribution in [0.3, 0.4) is 0 Å². The van der Waals surface area contributed by atoms with Crippen molar-refractivity contribution < 1.29 is 29.0 Å². The summed E-state index contributed by atoms with van der Waals surface area (Å²) in [6.07, 6.45) is 0.581. The third-order valence-electron chi connectivity index (χ3n) is 1.61. The van der Waals surface area contributed by atoms with Crippen molar-refractivity contribution in [1.82, 2.24) is 16.0 Å². The molecular weight excluding hydrogens is 258 g/mol. The molecule has 0 saturated carbocycles. The Labute approximate surface area is 109 Å². The molecule has 0 saturated heterocycles. The van der Waals surface area contributed by atoms with E-state index in [-0.39, 0.29) is 19.7 Å². The summed E-state index contributed by atoms with van der Waals surface area (Å²) in [6, 6.07) is 0. The van der Waals surface area contributed by atoms with Crippen LogP contribution in [-0.2, 0) is 19.1 Å². The molecule has 0 aliphatic heterocycles. The average molecular weight is 273 g/mol. The zero-order valence-electron chi connectivity index (χ0n) is 10.1. The van der Waals surface area contributed by atoms with E-state index >= 15 is 0 Å². The zero-order chi connectivity index (χ0) is 14.7. The molecule has 0 bridgehead atoms. The summed E-state index contributed by atoms with van der Waals surface area (Å²) < 4.78 is 4.54. The molecule has 0 unspecified atom stereocenters. The normalized spacial score (nSPS) is 9.05. The van der Waals surface area contributed by atoms with Gasteiger partial charge in [0.05, 0.1) is 6.54 Å². The number of carbonyl (C=O) groups excluding carboxylic acids is 3. The fourth-order valence-electron chi connectivity index (χ4n) is 0.816. The van der Waals surface area contributed by atoms with Gasteiger partial charge in [-0.2, -0.15) is 0 Å². The molecule has 0 aromatic carbocycles. The van der Waals surface area contributed by atoms with Gasteiger partial charge in [0.15, 0.2) is 0 Å². The van der Waals surface area contributed by atoms with Gasteiger partial charge in [0, 0.05) is 0 Å². The molecule has 9 nitrogen and oxygen atoms in total. The van der Waals surface area contributed by atoms with Crippen molar-refractivity contribution in [2.45, 2.75) is 0 Å². The minimum Gasteiger partial charge on any atom is -0.480 e. The number of carbonyl (C=O) groups is 4. The van der Waals surface area contributed by atoms with E-state index in [4.69, 9.17) is 5.11 Å². The van der Waals surface area contributed by atoms with Crippen LogP contribution < -0.4 is 16.0 Å². The second-order valence-corrected chi connectivity index (χ2v) is 3.19. The third kappa shape index (κ3) is 10.3. The summed E-state index contributed by atoms with van der Waals surface area (Å²) >= 11 is 0. The Balaban J connectivity index is 3.69. The number of nitrogens with one attached hydrogen (secondary N) is 3. The van der Waals surface area contributed by atoms with Crippen molar-refractivity contribution in [3.05, 3.63) is 12.7 Å². The van der Waals surface area contributed by atoms with Crippen molar-refractivity contribution in [3.63, 3.8) is 0 Å². The highest BCUT2D eigenvalue weighted by atomic mass is 16.5. The average Bonchev–Trinajstić information content (AvgIpc) is 2.37. The molecule has 0 aliphatic carbocycles. The highest BCUT2D eigenvalue weighted by Crippen LogP contribution is 1.77. The Morgan fingerprint density at radius 2 is 1.53 bits per heavy atom. The lowest BCUT2D eigenvalue weighted by Gasteiger charge is -2.06. The van der Waals surface area contributed by atoms with Crippen molar-refractivity contribution in [3.8, 4) is 0 Å². The molecule has 0 aromatic heterocycles. The number of rotatable bonds is 8. The van der Waals surface area contributed by atoms with E-state index in [0.717, 1.165) is 0 Å². The number of alkyl carbamates (subject to hydrolysis) is 1. The molecule has 0 fully saturated rings. The number of hydrogen-bond donors (Lipinski definition) is 4. The maximum atomic E-state index is 11.2. The van der Waals surface area contributed by atoms with E-state index in [1.807, 2.05) is 0 Å². The monoisotopic (exact) mass is 273 g/mol. The number of amides is 3. The van der Waals surface area contributed by atoms with Crippen LogP contribution in [0.1, 0.15) is 0 Å². The van der Waals surface area contributed by atoms with Crippen LogP contribution >= 0.6 is 0 Å². The molecule has 4 N–H and O–H groups in total. The highest BCUT2D eigenvalue weighted by molar-refractivity contribution is 5.88. The van der Waals surface area contributed by atoms with E-state index in [9.17, 15) is 19.2 Å². The largest absolute Gasteiger partial charge is 0.480 e. The van der Waals surface area contributed by atoms with E-state index in [1.165, 1.54) is 6.08 Å². The van der Waals surface area contributed by atoms with Gasteiger partial charge in [-0.05, 0) is 0 Å². The van der Waals surface area contributed by atoms with E-state index < -0.39 is 30.4 Å². The Morgan fingerprint density at radius 3 is 2.05 bits per heavy atom. The SMILES string of the molecule is C=CCOC(=O)NCC(=O)NCC(=O)NCC(=O)O. The van der Waals surface area contributed by atoms with Gasteiger partial charge in [0.1, 0.15) is 19.7 Å². The van der Waals surface area contributed by atoms with Gasteiger partial charge in [-0.25, -0.2) is 4.79 Å². The van der Waals surface area contributed by atoms with Gasteiger partial charge in [-0.3, -0.25) is 14.4 Å². The van der Waals surface area contributed by atoms with Crippen LogP contribution in [0, 0.1) is 0 Å². The second kappa shape index (κ2) is 9.45. The van der Waals surface area contributed by atoms with Gasteiger partial charge in [-0.15, -0.1) is 0 Å². The molecule has 0 rings (SSSR count). The molecule has 0 aliphatic rings. The lowest BCUT2D eigenvalue weighted by molar-refractivity contribution is -0.137. The molecule has 19 heavy (non-hydrogen) atoms. The van der Waals surface area contributed by atoms with Gasteiger partial charge >= 0.3 is 12.1 Å². The van der Waals surface area contributed by atoms with Gasteiger partial charge in [-0.1, -0.05) is 12.7 Å². The minimum absolute atomic E-state index is 0.0189. The van der Waals surface area contributed by atoms with Crippen LogP contribution in [0.25, 0.3) is 0 Å². The first-order chi connectivity index (χ1) is 8.95. The first-order valence-electron chi connectivity index (χ1n) is 5.22. The Bertz CT molecular complexity index is 368.